The molecule has 0 radical (unpaired) electrons. The van der Waals surface area contributed by atoms with Crippen LogP contribution in [-0.4, -0.2) is 14.2 Å². The van der Waals surface area contributed by atoms with E-state index in [-0.39, 0.29) is 35.3 Å². The Balaban J connectivity index is 0. The summed E-state index contributed by atoms with van der Waals surface area (Å²) < 4.78 is 23.5. The van der Waals surface area contributed by atoms with Crippen molar-refractivity contribution in [3.63, 3.8) is 0 Å². The van der Waals surface area contributed by atoms with Gasteiger partial charge in [0.15, 0.2) is 0 Å². The molecule has 0 aromatic rings. The number of hydrogen-bond donors (Lipinski definition) is 0. The van der Waals surface area contributed by atoms with Crippen molar-refractivity contribution in [3.05, 3.63) is 16.9 Å². The van der Waals surface area contributed by atoms with Crippen molar-refractivity contribution in [2.24, 2.45) is 0 Å². The maximum atomic E-state index is 10.4. The zero-order valence-electron chi connectivity index (χ0n) is 5.75. The summed E-state index contributed by atoms with van der Waals surface area (Å²) in [5.74, 6) is -0.0556. The first-order chi connectivity index (χ1) is 4.12. The quantitative estimate of drug-likeness (QED) is 0.398. The van der Waals surface area contributed by atoms with Crippen LogP contribution < -0.4 is 29.6 Å². The maximum absolute atomic E-state index is 10.4. The largest absolute Gasteiger partial charge is 1.00 e. The molecule has 0 unspecified atom stereocenters. The first kappa shape index (κ1) is 13.5. The zero-order valence-corrected chi connectivity index (χ0v) is 9.32. The topological polar surface area (TPSA) is 48.2 Å². The van der Waals surface area contributed by atoms with Gasteiger partial charge in [0.2, 0.25) is 0 Å². The SMILES string of the molecule is C=CCCS(=O)(=O)[N-]Cl.[Na+]. The molecule has 0 spiro atoms. The van der Waals surface area contributed by atoms with Crippen LogP contribution >= 0.6 is 11.8 Å². The summed E-state index contributed by atoms with van der Waals surface area (Å²) >= 11 is 4.73. The summed E-state index contributed by atoms with van der Waals surface area (Å²) in [4.78, 5) is 0. The van der Waals surface area contributed by atoms with Crippen LogP contribution in [0.25, 0.3) is 4.24 Å². The first-order valence-corrected chi connectivity index (χ1v) is 4.24. The molecule has 0 N–H and O–H groups in total. The molecule has 0 aliphatic rings. The first-order valence-electron chi connectivity index (χ1n) is 2.29. The average molecular weight is 192 g/mol. The Morgan fingerprint density at radius 3 is 2.40 bits per heavy atom. The molecular weight excluding hydrogens is 185 g/mol. The third-order valence-electron chi connectivity index (χ3n) is 0.685. The Bertz CT molecular complexity index is 180. The maximum Gasteiger partial charge on any atom is 1.00 e. The second-order valence-electron chi connectivity index (χ2n) is 1.43. The average Bonchev–Trinajstić information content (AvgIpc) is 1.84. The molecule has 54 valence electrons. The third kappa shape index (κ3) is 7.05. The van der Waals surface area contributed by atoms with E-state index < -0.39 is 10.0 Å². The van der Waals surface area contributed by atoms with E-state index in [0.717, 1.165) is 0 Å². The molecule has 0 atom stereocenters. The molecule has 0 aromatic carbocycles. The van der Waals surface area contributed by atoms with Gasteiger partial charge in [0.1, 0.15) is 0 Å². The molecule has 0 saturated carbocycles. The minimum Gasteiger partial charge on any atom is -0.462 e. The van der Waals surface area contributed by atoms with Crippen LogP contribution in [0.1, 0.15) is 6.42 Å². The molecule has 0 aliphatic carbocycles. The van der Waals surface area contributed by atoms with Gasteiger partial charge in [-0.3, -0.25) is 11.8 Å². The normalized spacial score (nSPS) is 10.1. The third-order valence-corrected chi connectivity index (χ3v) is 2.28. The van der Waals surface area contributed by atoms with Gasteiger partial charge in [0.25, 0.3) is 0 Å². The van der Waals surface area contributed by atoms with E-state index in [2.05, 4.69) is 10.8 Å². The zero-order chi connectivity index (χ0) is 7.33. The second kappa shape index (κ2) is 6.64. The monoisotopic (exact) mass is 191 g/mol. The number of nitrogens with zero attached hydrogens (tertiary/aromatic N) is 1. The number of allylic oxidation sites excluding steroid dienone is 1. The van der Waals surface area contributed by atoms with Gasteiger partial charge in [0, 0.05) is 5.75 Å². The van der Waals surface area contributed by atoms with E-state index in [0.29, 0.717) is 6.42 Å². The minimum absolute atomic E-state index is 0. The fourth-order valence-electron chi connectivity index (χ4n) is 0.267. The fraction of sp³-hybridized carbons (Fsp3) is 0.500. The standard InChI is InChI=1S/C4H7ClNO2S.Na/c1-2-3-4-9(7,8)6-5;/h2H,1,3-4H2;/q-1;+1. The van der Waals surface area contributed by atoms with E-state index in [4.69, 9.17) is 11.8 Å². The number of rotatable bonds is 4. The van der Waals surface area contributed by atoms with E-state index in [1.165, 1.54) is 6.08 Å². The molecule has 3 nitrogen and oxygen atoms in total. The predicted molar refractivity (Wildman–Crippen MR) is 37.8 cm³/mol. The van der Waals surface area contributed by atoms with Crippen molar-refractivity contribution >= 4 is 21.8 Å². The smallest absolute Gasteiger partial charge is 0.462 e. The Morgan fingerprint density at radius 1 is 1.60 bits per heavy atom. The number of halogens is 1. The molecular formula is C4H7ClNNaO2S. The molecule has 6 heteroatoms. The van der Waals surface area contributed by atoms with E-state index in [9.17, 15) is 8.42 Å². The Kier molecular flexibility index (Phi) is 8.98. The molecule has 0 rings (SSSR count). The molecule has 0 saturated heterocycles. The predicted octanol–water partition coefficient (Wildman–Crippen LogP) is -1.58. The van der Waals surface area contributed by atoms with Gasteiger partial charge in [-0.25, -0.2) is 8.42 Å². The van der Waals surface area contributed by atoms with Crippen LogP contribution in [0.5, 0.6) is 0 Å². The molecule has 10 heavy (non-hydrogen) atoms. The van der Waals surface area contributed by atoms with Gasteiger partial charge in [0.05, 0.1) is 10.0 Å². The van der Waals surface area contributed by atoms with Crippen LogP contribution in [-0.2, 0) is 10.0 Å². The van der Waals surface area contributed by atoms with Gasteiger partial charge in [-0.1, -0.05) is 6.08 Å². The van der Waals surface area contributed by atoms with Gasteiger partial charge in [-0.15, -0.1) is 6.58 Å². The number of hydrogen-bond acceptors (Lipinski definition) is 2. The molecule has 0 bridgehead atoms. The van der Waals surface area contributed by atoms with Crippen molar-refractivity contribution in [1.82, 2.24) is 0 Å². The minimum atomic E-state index is -3.36. The van der Waals surface area contributed by atoms with Gasteiger partial charge >= 0.3 is 29.6 Å². The molecule has 0 fully saturated rings. The van der Waals surface area contributed by atoms with Crippen molar-refractivity contribution in [2.45, 2.75) is 6.42 Å². The summed E-state index contributed by atoms with van der Waals surface area (Å²) in [6.45, 7) is 3.35. The summed E-state index contributed by atoms with van der Waals surface area (Å²) in [7, 11) is -3.36. The summed E-state index contributed by atoms with van der Waals surface area (Å²) in [6.07, 6.45) is 1.89. The summed E-state index contributed by atoms with van der Waals surface area (Å²) in [5, 5.41) is 0. The van der Waals surface area contributed by atoms with Crippen molar-refractivity contribution in [3.8, 4) is 0 Å². The fourth-order valence-corrected chi connectivity index (χ4v) is 1.01. The molecule has 0 aromatic heterocycles. The Hall–Kier alpha value is 0.940. The molecule has 0 aliphatic heterocycles. The van der Waals surface area contributed by atoms with Gasteiger partial charge in [-0.05, 0) is 6.42 Å². The van der Waals surface area contributed by atoms with E-state index in [1.807, 2.05) is 0 Å². The van der Waals surface area contributed by atoms with Crippen LogP contribution in [0, 0.1) is 0 Å². The van der Waals surface area contributed by atoms with E-state index in [1.54, 1.807) is 0 Å². The molecule has 0 amide bonds. The second-order valence-corrected chi connectivity index (χ2v) is 3.56. The van der Waals surface area contributed by atoms with Crippen LogP contribution in [0.15, 0.2) is 12.7 Å². The van der Waals surface area contributed by atoms with Crippen LogP contribution in [0.3, 0.4) is 0 Å². The van der Waals surface area contributed by atoms with Crippen molar-refractivity contribution < 1.29 is 38.0 Å². The summed E-state index contributed by atoms with van der Waals surface area (Å²) in [6, 6.07) is 0. The number of sulfonamides is 1. The summed E-state index contributed by atoms with van der Waals surface area (Å²) in [5.41, 5.74) is 0. The Morgan fingerprint density at radius 2 is 2.10 bits per heavy atom. The van der Waals surface area contributed by atoms with Crippen LogP contribution in [0.4, 0.5) is 0 Å². The van der Waals surface area contributed by atoms with Crippen LogP contribution in [0.2, 0.25) is 0 Å². The van der Waals surface area contributed by atoms with Gasteiger partial charge in [-0.2, -0.15) is 0 Å². The Labute approximate surface area is 88.3 Å². The molecule has 0 heterocycles. The van der Waals surface area contributed by atoms with Gasteiger partial charge < -0.3 is 4.24 Å². The van der Waals surface area contributed by atoms with E-state index >= 15 is 0 Å². The van der Waals surface area contributed by atoms with Crippen molar-refractivity contribution in [1.29, 1.82) is 0 Å². The van der Waals surface area contributed by atoms with Crippen molar-refractivity contribution in [2.75, 3.05) is 5.75 Å².